The fraction of sp³-hybridized carbons (Fsp3) is 0.562. The third-order valence-corrected chi connectivity index (χ3v) is 4.26. The lowest BCUT2D eigenvalue weighted by molar-refractivity contribution is -0.134. The number of nitrogens with one attached hydrogen (secondary N) is 2. The highest BCUT2D eigenvalue weighted by Gasteiger charge is 2.35. The standard InChI is InChI=1S/C16H22N2O3.ClH/c1-10-7-8-17-9-12(10)18-16(19)15-11(2)20-13-5-3-4-6-14(13)21-15;/h3-6,10-12,15,17H,7-9H2,1-2H3,(H,18,19);1H. The molecule has 0 bridgehead atoms. The molecule has 122 valence electrons. The highest BCUT2D eigenvalue weighted by Crippen LogP contribution is 2.33. The van der Waals surface area contributed by atoms with Gasteiger partial charge in [-0.3, -0.25) is 4.79 Å². The van der Waals surface area contributed by atoms with Gasteiger partial charge in [-0.1, -0.05) is 19.1 Å². The Morgan fingerprint density at radius 1 is 1.23 bits per heavy atom. The van der Waals surface area contributed by atoms with Crippen LogP contribution < -0.4 is 20.1 Å². The van der Waals surface area contributed by atoms with Gasteiger partial charge in [0, 0.05) is 12.6 Å². The van der Waals surface area contributed by atoms with Gasteiger partial charge in [0.25, 0.3) is 5.91 Å². The van der Waals surface area contributed by atoms with E-state index in [1.54, 1.807) is 0 Å². The summed E-state index contributed by atoms with van der Waals surface area (Å²) < 4.78 is 11.6. The van der Waals surface area contributed by atoms with Crippen molar-refractivity contribution in [3.8, 4) is 11.5 Å². The average molecular weight is 327 g/mol. The van der Waals surface area contributed by atoms with E-state index in [0.29, 0.717) is 17.4 Å². The van der Waals surface area contributed by atoms with Gasteiger partial charge in [-0.15, -0.1) is 12.4 Å². The first-order valence-electron chi connectivity index (χ1n) is 7.58. The first-order valence-corrected chi connectivity index (χ1v) is 7.58. The van der Waals surface area contributed by atoms with Crippen molar-refractivity contribution >= 4 is 18.3 Å². The van der Waals surface area contributed by atoms with Gasteiger partial charge in [0.15, 0.2) is 11.5 Å². The Morgan fingerprint density at radius 2 is 1.91 bits per heavy atom. The zero-order valence-electron chi connectivity index (χ0n) is 12.9. The molecular weight excluding hydrogens is 304 g/mol. The summed E-state index contributed by atoms with van der Waals surface area (Å²) in [6.07, 6.45) is 0.173. The minimum atomic E-state index is -0.603. The summed E-state index contributed by atoms with van der Waals surface area (Å²) in [6, 6.07) is 7.60. The molecule has 2 heterocycles. The number of rotatable bonds is 2. The highest BCUT2D eigenvalue weighted by molar-refractivity contribution is 5.85. The predicted molar refractivity (Wildman–Crippen MR) is 86.8 cm³/mol. The Balaban J connectivity index is 0.00000176. The third kappa shape index (κ3) is 3.47. The second kappa shape index (κ2) is 7.20. The lowest BCUT2D eigenvalue weighted by Gasteiger charge is -2.34. The van der Waals surface area contributed by atoms with Crippen LogP contribution >= 0.6 is 12.4 Å². The fourth-order valence-corrected chi connectivity index (χ4v) is 2.85. The Morgan fingerprint density at radius 3 is 2.59 bits per heavy atom. The number of benzene rings is 1. The van der Waals surface area contributed by atoms with E-state index < -0.39 is 6.10 Å². The molecule has 22 heavy (non-hydrogen) atoms. The molecule has 6 heteroatoms. The van der Waals surface area contributed by atoms with E-state index in [1.807, 2.05) is 31.2 Å². The zero-order valence-corrected chi connectivity index (χ0v) is 13.7. The van der Waals surface area contributed by atoms with Gasteiger partial charge in [0.05, 0.1) is 0 Å². The van der Waals surface area contributed by atoms with Crippen molar-refractivity contribution in [2.45, 2.75) is 38.5 Å². The Labute approximate surface area is 137 Å². The smallest absolute Gasteiger partial charge is 0.265 e. The molecule has 1 saturated heterocycles. The number of carbonyl (C=O) groups is 1. The number of halogens is 1. The molecule has 4 atom stereocenters. The van der Waals surface area contributed by atoms with Crippen molar-refractivity contribution in [2.75, 3.05) is 13.1 Å². The number of para-hydroxylation sites is 2. The van der Waals surface area contributed by atoms with Gasteiger partial charge in [-0.2, -0.15) is 0 Å². The van der Waals surface area contributed by atoms with Gasteiger partial charge in [0.1, 0.15) is 6.10 Å². The van der Waals surface area contributed by atoms with Crippen LogP contribution in [-0.4, -0.2) is 37.2 Å². The third-order valence-electron chi connectivity index (χ3n) is 4.26. The summed E-state index contributed by atoms with van der Waals surface area (Å²) >= 11 is 0. The largest absolute Gasteiger partial charge is 0.482 e. The molecule has 1 amide bonds. The summed E-state index contributed by atoms with van der Waals surface area (Å²) in [5, 5.41) is 6.41. The minimum absolute atomic E-state index is 0. The summed E-state index contributed by atoms with van der Waals surface area (Å²) in [5.41, 5.74) is 0. The molecule has 0 spiro atoms. The number of carbonyl (C=O) groups excluding carboxylic acids is 1. The van der Waals surface area contributed by atoms with Crippen molar-refractivity contribution in [1.29, 1.82) is 0 Å². The monoisotopic (exact) mass is 326 g/mol. The minimum Gasteiger partial charge on any atom is -0.482 e. The van der Waals surface area contributed by atoms with Crippen LogP contribution in [0.15, 0.2) is 24.3 Å². The number of hydrogen-bond donors (Lipinski definition) is 2. The SMILES string of the molecule is CC1CCNCC1NC(=O)C1Oc2ccccc2OC1C.Cl. The Kier molecular flexibility index (Phi) is 5.53. The molecule has 0 radical (unpaired) electrons. The molecule has 2 aliphatic rings. The Hall–Kier alpha value is -1.46. The van der Waals surface area contributed by atoms with Crippen LogP contribution in [0.2, 0.25) is 0 Å². The lowest BCUT2D eigenvalue weighted by atomic mass is 9.94. The molecule has 0 aliphatic carbocycles. The molecule has 2 aliphatic heterocycles. The van der Waals surface area contributed by atoms with E-state index in [4.69, 9.17) is 9.47 Å². The van der Waals surface area contributed by atoms with Gasteiger partial charge >= 0.3 is 0 Å². The van der Waals surface area contributed by atoms with Crippen molar-refractivity contribution in [2.24, 2.45) is 5.92 Å². The Bertz CT molecular complexity index is 526. The molecule has 0 aromatic heterocycles. The maximum atomic E-state index is 12.5. The van der Waals surface area contributed by atoms with Crippen molar-refractivity contribution in [3.05, 3.63) is 24.3 Å². The number of ether oxygens (including phenoxy) is 2. The van der Waals surface area contributed by atoms with Crippen LogP contribution in [0.5, 0.6) is 11.5 Å². The summed E-state index contributed by atoms with van der Waals surface area (Å²) in [7, 11) is 0. The number of fused-ring (bicyclic) bond motifs is 1. The first kappa shape index (κ1) is 16.9. The molecule has 3 rings (SSSR count). The quantitative estimate of drug-likeness (QED) is 0.869. The van der Waals surface area contributed by atoms with Crippen molar-refractivity contribution in [3.63, 3.8) is 0 Å². The van der Waals surface area contributed by atoms with Gasteiger partial charge in [-0.25, -0.2) is 0 Å². The van der Waals surface area contributed by atoms with Gasteiger partial charge in [-0.05, 0) is 37.9 Å². The van der Waals surface area contributed by atoms with Crippen LogP contribution in [0.3, 0.4) is 0 Å². The summed E-state index contributed by atoms with van der Waals surface area (Å²) in [5.74, 6) is 1.70. The van der Waals surface area contributed by atoms with E-state index in [0.717, 1.165) is 19.5 Å². The van der Waals surface area contributed by atoms with Crippen LogP contribution in [0, 0.1) is 5.92 Å². The van der Waals surface area contributed by atoms with E-state index in [1.165, 1.54) is 0 Å². The molecule has 1 aromatic rings. The molecule has 4 unspecified atom stereocenters. The molecule has 2 N–H and O–H groups in total. The van der Waals surface area contributed by atoms with Crippen LogP contribution in [0.4, 0.5) is 0 Å². The van der Waals surface area contributed by atoms with E-state index in [9.17, 15) is 4.79 Å². The number of hydrogen-bond acceptors (Lipinski definition) is 4. The average Bonchev–Trinajstić information content (AvgIpc) is 2.49. The van der Waals surface area contributed by atoms with Gasteiger partial charge < -0.3 is 20.1 Å². The summed E-state index contributed by atoms with van der Waals surface area (Å²) in [4.78, 5) is 12.5. The highest BCUT2D eigenvalue weighted by atomic mass is 35.5. The van der Waals surface area contributed by atoms with Crippen LogP contribution in [-0.2, 0) is 4.79 Å². The van der Waals surface area contributed by atoms with E-state index in [2.05, 4.69) is 17.6 Å². The fourth-order valence-electron chi connectivity index (χ4n) is 2.85. The van der Waals surface area contributed by atoms with E-state index in [-0.39, 0.29) is 30.5 Å². The topological polar surface area (TPSA) is 59.6 Å². The molecule has 5 nitrogen and oxygen atoms in total. The number of piperidine rings is 1. The van der Waals surface area contributed by atoms with E-state index >= 15 is 0 Å². The second-order valence-electron chi connectivity index (χ2n) is 5.89. The number of amides is 1. The first-order chi connectivity index (χ1) is 10.1. The predicted octanol–water partition coefficient (Wildman–Crippen LogP) is 1.75. The van der Waals surface area contributed by atoms with Gasteiger partial charge in [0.2, 0.25) is 6.10 Å². The molecular formula is C16H23ClN2O3. The molecule has 1 fully saturated rings. The second-order valence-corrected chi connectivity index (χ2v) is 5.89. The lowest BCUT2D eigenvalue weighted by Crippen LogP contribution is -2.56. The maximum absolute atomic E-state index is 12.5. The summed E-state index contributed by atoms with van der Waals surface area (Å²) in [6.45, 7) is 5.86. The maximum Gasteiger partial charge on any atom is 0.265 e. The van der Waals surface area contributed by atoms with Crippen molar-refractivity contribution < 1.29 is 14.3 Å². The van der Waals surface area contributed by atoms with Crippen LogP contribution in [0.25, 0.3) is 0 Å². The van der Waals surface area contributed by atoms with Crippen molar-refractivity contribution in [1.82, 2.24) is 10.6 Å². The zero-order chi connectivity index (χ0) is 14.8. The molecule has 1 aromatic carbocycles. The molecule has 0 saturated carbocycles. The normalized spacial score (nSPS) is 30.1. The van der Waals surface area contributed by atoms with Crippen LogP contribution in [0.1, 0.15) is 20.3 Å².